The highest BCUT2D eigenvalue weighted by molar-refractivity contribution is 7.84. The Labute approximate surface area is 104 Å². The highest BCUT2D eigenvalue weighted by atomic mass is 32.2. The van der Waals surface area contributed by atoms with Gasteiger partial charge in [-0.3, -0.25) is 4.21 Å². The molecule has 0 amide bonds. The number of hydrogen-bond acceptors (Lipinski definition) is 3. The van der Waals surface area contributed by atoms with Gasteiger partial charge in [0.2, 0.25) is 0 Å². The van der Waals surface area contributed by atoms with Gasteiger partial charge in [0, 0.05) is 47.9 Å². The lowest BCUT2D eigenvalue weighted by atomic mass is 10.1. The zero-order valence-corrected chi connectivity index (χ0v) is 10.8. The molecule has 0 aliphatic rings. The average molecular weight is 259 g/mol. The maximum atomic E-state index is 13.8. The predicted octanol–water partition coefficient (Wildman–Crippen LogP) is 1.57. The first-order chi connectivity index (χ1) is 8.19. The second kappa shape index (κ2) is 7.53. The molecule has 1 rings (SSSR count). The number of rotatable bonds is 7. The van der Waals surface area contributed by atoms with Crippen molar-refractivity contribution in [3.8, 4) is 0 Å². The summed E-state index contributed by atoms with van der Waals surface area (Å²) >= 11 is 0. The minimum Gasteiger partial charge on any atom is -0.385 e. The number of hydrogen-bond donors (Lipinski definition) is 1. The van der Waals surface area contributed by atoms with Gasteiger partial charge in [0.15, 0.2) is 0 Å². The Morgan fingerprint density at radius 2 is 2.12 bits per heavy atom. The Morgan fingerprint density at radius 1 is 1.41 bits per heavy atom. The molecular formula is C12H18FNO2S. The van der Waals surface area contributed by atoms with Crippen molar-refractivity contribution in [1.29, 1.82) is 0 Å². The molecule has 0 aliphatic carbocycles. The third-order valence-electron chi connectivity index (χ3n) is 2.42. The molecule has 0 heterocycles. The monoisotopic (exact) mass is 259 g/mol. The van der Waals surface area contributed by atoms with Crippen molar-refractivity contribution in [3.05, 3.63) is 35.1 Å². The molecule has 0 fully saturated rings. The summed E-state index contributed by atoms with van der Waals surface area (Å²) in [6.45, 7) is 0.743. The average Bonchev–Trinajstić information content (AvgIpc) is 2.32. The molecule has 0 bridgehead atoms. The summed E-state index contributed by atoms with van der Waals surface area (Å²) in [6, 6.07) is 5.04. The second-order valence-corrected chi connectivity index (χ2v) is 5.31. The van der Waals surface area contributed by atoms with E-state index in [1.165, 1.54) is 0 Å². The quantitative estimate of drug-likeness (QED) is 0.756. The summed E-state index contributed by atoms with van der Waals surface area (Å²) in [6.07, 6.45) is 0.724. The Bertz CT molecular complexity index is 385. The number of methoxy groups -OCH3 is 1. The molecule has 1 unspecified atom stereocenters. The minimum absolute atomic E-state index is 0.163. The SMILES string of the molecule is COCCCS(=O)Cc1cccc(CN)c1F. The molecule has 5 heteroatoms. The predicted molar refractivity (Wildman–Crippen MR) is 67.5 cm³/mol. The van der Waals surface area contributed by atoms with Gasteiger partial charge in [-0.15, -0.1) is 0 Å². The van der Waals surface area contributed by atoms with Crippen LogP contribution in [0.15, 0.2) is 18.2 Å². The molecule has 0 spiro atoms. The van der Waals surface area contributed by atoms with Gasteiger partial charge in [0.25, 0.3) is 0 Å². The summed E-state index contributed by atoms with van der Waals surface area (Å²) in [5.74, 6) is 0.443. The maximum absolute atomic E-state index is 13.8. The lowest BCUT2D eigenvalue weighted by molar-refractivity contribution is 0.200. The Balaban J connectivity index is 2.59. The fraction of sp³-hybridized carbons (Fsp3) is 0.500. The number of benzene rings is 1. The van der Waals surface area contributed by atoms with E-state index in [2.05, 4.69) is 0 Å². The standard InChI is InChI=1S/C12H18FNO2S/c1-16-6-3-7-17(15)9-11-5-2-4-10(8-14)12(11)13/h2,4-5H,3,6-9,14H2,1H3. The summed E-state index contributed by atoms with van der Waals surface area (Å²) in [5.41, 5.74) is 6.36. The van der Waals surface area contributed by atoms with E-state index in [9.17, 15) is 8.60 Å². The summed E-state index contributed by atoms with van der Waals surface area (Å²) < 4.78 is 30.4. The van der Waals surface area contributed by atoms with Crippen LogP contribution >= 0.6 is 0 Å². The zero-order valence-electron chi connectivity index (χ0n) is 9.95. The van der Waals surface area contributed by atoms with Gasteiger partial charge in [-0.2, -0.15) is 0 Å². The van der Waals surface area contributed by atoms with Crippen LogP contribution < -0.4 is 5.73 Å². The molecule has 0 aromatic heterocycles. The first-order valence-electron chi connectivity index (χ1n) is 5.49. The smallest absolute Gasteiger partial charge is 0.131 e. The molecule has 1 atom stereocenters. The topological polar surface area (TPSA) is 52.3 Å². The van der Waals surface area contributed by atoms with Crippen LogP contribution in [0.2, 0.25) is 0 Å². The Morgan fingerprint density at radius 3 is 2.76 bits per heavy atom. The lowest BCUT2D eigenvalue weighted by Gasteiger charge is -2.07. The summed E-state index contributed by atoms with van der Waals surface area (Å²) in [4.78, 5) is 0. The van der Waals surface area contributed by atoms with Gasteiger partial charge in [0.05, 0.1) is 5.75 Å². The van der Waals surface area contributed by atoms with Crippen LogP contribution in [0.3, 0.4) is 0 Å². The fourth-order valence-corrected chi connectivity index (χ4v) is 2.67. The van der Waals surface area contributed by atoms with Crippen molar-refractivity contribution in [2.24, 2.45) is 5.73 Å². The molecule has 0 saturated heterocycles. The van der Waals surface area contributed by atoms with Crippen molar-refractivity contribution >= 4 is 10.8 Å². The maximum Gasteiger partial charge on any atom is 0.131 e. The first kappa shape index (κ1) is 14.3. The summed E-state index contributed by atoms with van der Waals surface area (Å²) in [7, 11) is 0.551. The fourth-order valence-electron chi connectivity index (χ4n) is 1.51. The van der Waals surface area contributed by atoms with E-state index >= 15 is 0 Å². The molecule has 17 heavy (non-hydrogen) atoms. The molecule has 0 saturated carbocycles. The Hall–Kier alpha value is -0.780. The van der Waals surface area contributed by atoms with E-state index in [1.54, 1.807) is 25.3 Å². The lowest BCUT2D eigenvalue weighted by Crippen LogP contribution is -2.07. The molecule has 0 aliphatic heterocycles. The van der Waals surface area contributed by atoms with Crippen molar-refractivity contribution in [3.63, 3.8) is 0 Å². The molecular weight excluding hydrogens is 241 g/mol. The van der Waals surface area contributed by atoms with Crippen LogP contribution in [0.1, 0.15) is 17.5 Å². The van der Waals surface area contributed by atoms with Crippen LogP contribution in [0.4, 0.5) is 4.39 Å². The van der Waals surface area contributed by atoms with E-state index in [0.29, 0.717) is 23.5 Å². The van der Waals surface area contributed by atoms with E-state index in [1.807, 2.05) is 0 Å². The molecule has 96 valence electrons. The van der Waals surface area contributed by atoms with Crippen LogP contribution in [0, 0.1) is 5.82 Å². The van der Waals surface area contributed by atoms with Gasteiger partial charge in [-0.1, -0.05) is 18.2 Å². The van der Waals surface area contributed by atoms with E-state index in [0.717, 1.165) is 6.42 Å². The molecule has 0 radical (unpaired) electrons. The molecule has 1 aromatic carbocycles. The van der Waals surface area contributed by atoms with Crippen molar-refractivity contribution in [2.45, 2.75) is 18.7 Å². The zero-order chi connectivity index (χ0) is 12.7. The van der Waals surface area contributed by atoms with Crippen molar-refractivity contribution in [2.75, 3.05) is 19.5 Å². The van der Waals surface area contributed by atoms with E-state index in [-0.39, 0.29) is 18.1 Å². The van der Waals surface area contributed by atoms with Gasteiger partial charge in [-0.25, -0.2) is 4.39 Å². The normalized spacial score (nSPS) is 12.6. The molecule has 2 N–H and O–H groups in total. The third-order valence-corrected chi connectivity index (χ3v) is 3.79. The highest BCUT2D eigenvalue weighted by Gasteiger charge is 2.09. The molecule has 3 nitrogen and oxygen atoms in total. The van der Waals surface area contributed by atoms with Crippen molar-refractivity contribution in [1.82, 2.24) is 0 Å². The third kappa shape index (κ3) is 4.53. The number of nitrogens with two attached hydrogens (primary N) is 1. The van der Waals surface area contributed by atoms with E-state index in [4.69, 9.17) is 10.5 Å². The van der Waals surface area contributed by atoms with Gasteiger partial charge in [-0.05, 0) is 6.42 Å². The number of halogens is 1. The van der Waals surface area contributed by atoms with Gasteiger partial charge >= 0.3 is 0 Å². The van der Waals surface area contributed by atoms with Crippen LogP contribution in [-0.2, 0) is 27.8 Å². The summed E-state index contributed by atoms with van der Waals surface area (Å²) in [5, 5.41) is 0. The second-order valence-electron chi connectivity index (χ2n) is 3.73. The molecule has 1 aromatic rings. The van der Waals surface area contributed by atoms with Crippen LogP contribution in [0.5, 0.6) is 0 Å². The first-order valence-corrected chi connectivity index (χ1v) is 6.98. The van der Waals surface area contributed by atoms with Gasteiger partial charge < -0.3 is 10.5 Å². The number of ether oxygens (including phenoxy) is 1. The Kier molecular flexibility index (Phi) is 6.32. The minimum atomic E-state index is -1.05. The van der Waals surface area contributed by atoms with Crippen LogP contribution in [0.25, 0.3) is 0 Å². The largest absolute Gasteiger partial charge is 0.385 e. The van der Waals surface area contributed by atoms with Gasteiger partial charge in [0.1, 0.15) is 5.82 Å². The van der Waals surface area contributed by atoms with Crippen molar-refractivity contribution < 1.29 is 13.3 Å². The highest BCUT2D eigenvalue weighted by Crippen LogP contribution is 2.14. The van der Waals surface area contributed by atoms with E-state index < -0.39 is 10.8 Å². The van der Waals surface area contributed by atoms with Crippen LogP contribution in [-0.4, -0.2) is 23.7 Å².